The quantitative estimate of drug-likeness (QED) is 0.901. The fourth-order valence-corrected chi connectivity index (χ4v) is 3.20. The molecule has 2 aliphatic heterocycles. The first-order valence-corrected chi connectivity index (χ1v) is 7.97. The van der Waals surface area contributed by atoms with Crippen molar-refractivity contribution in [2.75, 3.05) is 32.7 Å². The Kier molecular flexibility index (Phi) is 4.15. The first-order chi connectivity index (χ1) is 10.1. The lowest BCUT2D eigenvalue weighted by molar-refractivity contribution is 0.0406. The topological polar surface area (TPSA) is 30.9 Å². The molecule has 4 nitrogen and oxygen atoms in total. The Labute approximate surface area is 127 Å². The predicted octanol–water partition coefficient (Wildman–Crippen LogP) is 1.93. The van der Waals surface area contributed by atoms with Crippen LogP contribution in [-0.2, 0) is 6.54 Å². The normalized spacial score (nSPS) is 22.6. The molecule has 2 aliphatic rings. The lowest BCUT2D eigenvalue weighted by atomic mass is 9.98. The molecule has 1 N–H and O–H groups in total. The van der Waals surface area contributed by atoms with E-state index < -0.39 is 0 Å². The van der Waals surface area contributed by atoms with Crippen molar-refractivity contribution in [3.8, 4) is 0 Å². The minimum Gasteiger partial charge on any atom is -0.356 e. The standard InChI is InChI=1S/C17H26N4/c1-17(2)14-20(16-18-9-6-10-19-16)11-12-21(17)13-15-7-4-3-5-8-15/h3-5,7-8H,6,9-14H2,1-2H3,(H,18,19). The average molecular weight is 286 g/mol. The average Bonchev–Trinajstić information content (AvgIpc) is 2.51. The maximum absolute atomic E-state index is 4.64. The number of nitrogens with one attached hydrogen (secondary N) is 1. The Hall–Kier alpha value is -1.55. The molecule has 0 spiro atoms. The molecule has 0 radical (unpaired) electrons. The van der Waals surface area contributed by atoms with Crippen molar-refractivity contribution in [3.05, 3.63) is 35.9 Å². The summed E-state index contributed by atoms with van der Waals surface area (Å²) in [5, 5.41) is 3.45. The first kappa shape index (κ1) is 14.4. The number of hydrogen-bond donors (Lipinski definition) is 1. The van der Waals surface area contributed by atoms with E-state index in [9.17, 15) is 0 Å². The fourth-order valence-electron chi connectivity index (χ4n) is 3.20. The highest BCUT2D eigenvalue weighted by Gasteiger charge is 2.34. The minimum absolute atomic E-state index is 0.162. The van der Waals surface area contributed by atoms with E-state index >= 15 is 0 Å². The van der Waals surface area contributed by atoms with E-state index in [1.165, 1.54) is 5.56 Å². The molecule has 1 saturated heterocycles. The van der Waals surface area contributed by atoms with Gasteiger partial charge >= 0.3 is 0 Å². The summed E-state index contributed by atoms with van der Waals surface area (Å²) in [6.07, 6.45) is 1.15. The second kappa shape index (κ2) is 6.06. The van der Waals surface area contributed by atoms with Crippen LogP contribution in [0.1, 0.15) is 25.8 Å². The van der Waals surface area contributed by atoms with E-state index in [4.69, 9.17) is 0 Å². The highest BCUT2D eigenvalue weighted by molar-refractivity contribution is 5.80. The van der Waals surface area contributed by atoms with Gasteiger partial charge in [-0.05, 0) is 25.8 Å². The maximum Gasteiger partial charge on any atom is 0.194 e. The molecule has 3 rings (SSSR count). The van der Waals surface area contributed by atoms with Gasteiger partial charge in [-0.2, -0.15) is 0 Å². The monoisotopic (exact) mass is 286 g/mol. The first-order valence-electron chi connectivity index (χ1n) is 7.97. The molecule has 0 unspecified atom stereocenters. The van der Waals surface area contributed by atoms with Crippen molar-refractivity contribution >= 4 is 5.96 Å². The highest BCUT2D eigenvalue weighted by atomic mass is 15.4. The van der Waals surface area contributed by atoms with Gasteiger partial charge in [0.15, 0.2) is 5.96 Å². The van der Waals surface area contributed by atoms with Crippen molar-refractivity contribution in [2.45, 2.75) is 32.4 Å². The van der Waals surface area contributed by atoms with Gasteiger partial charge in [0.2, 0.25) is 0 Å². The Bertz CT molecular complexity index is 495. The largest absolute Gasteiger partial charge is 0.356 e. The summed E-state index contributed by atoms with van der Waals surface area (Å²) in [4.78, 5) is 9.64. The lowest BCUT2D eigenvalue weighted by Crippen LogP contribution is -2.62. The third-order valence-electron chi connectivity index (χ3n) is 4.47. The molecule has 1 aromatic carbocycles. The van der Waals surface area contributed by atoms with Crippen LogP contribution in [0.2, 0.25) is 0 Å². The number of aliphatic imine (C=N–C) groups is 1. The van der Waals surface area contributed by atoms with Crippen molar-refractivity contribution in [3.63, 3.8) is 0 Å². The van der Waals surface area contributed by atoms with Gasteiger partial charge in [-0.15, -0.1) is 0 Å². The van der Waals surface area contributed by atoms with Crippen molar-refractivity contribution in [2.24, 2.45) is 4.99 Å². The van der Waals surface area contributed by atoms with Crippen LogP contribution in [0, 0.1) is 0 Å². The van der Waals surface area contributed by atoms with Crippen LogP contribution in [0.3, 0.4) is 0 Å². The number of benzene rings is 1. The second-order valence-electron chi connectivity index (χ2n) is 6.63. The molecule has 0 aliphatic carbocycles. The number of rotatable bonds is 2. The second-order valence-corrected chi connectivity index (χ2v) is 6.63. The molecule has 21 heavy (non-hydrogen) atoms. The van der Waals surface area contributed by atoms with E-state index in [0.717, 1.165) is 51.6 Å². The minimum atomic E-state index is 0.162. The van der Waals surface area contributed by atoms with Gasteiger partial charge in [0, 0.05) is 44.8 Å². The zero-order valence-corrected chi connectivity index (χ0v) is 13.2. The van der Waals surface area contributed by atoms with Crippen molar-refractivity contribution in [1.29, 1.82) is 0 Å². The van der Waals surface area contributed by atoms with Gasteiger partial charge in [0.1, 0.15) is 0 Å². The summed E-state index contributed by atoms with van der Waals surface area (Å²) >= 11 is 0. The zero-order chi connectivity index (χ0) is 14.7. The third kappa shape index (κ3) is 3.38. The van der Waals surface area contributed by atoms with E-state index in [1.54, 1.807) is 0 Å². The molecular weight excluding hydrogens is 260 g/mol. The van der Waals surface area contributed by atoms with E-state index in [1.807, 2.05) is 0 Å². The molecule has 4 heteroatoms. The van der Waals surface area contributed by atoms with Crippen molar-refractivity contribution in [1.82, 2.24) is 15.1 Å². The zero-order valence-electron chi connectivity index (χ0n) is 13.2. The summed E-state index contributed by atoms with van der Waals surface area (Å²) in [5.41, 5.74) is 1.56. The van der Waals surface area contributed by atoms with Gasteiger partial charge in [-0.3, -0.25) is 9.89 Å². The van der Waals surface area contributed by atoms with Crippen LogP contribution < -0.4 is 5.32 Å². The molecule has 0 aromatic heterocycles. The molecule has 0 amide bonds. The van der Waals surface area contributed by atoms with Gasteiger partial charge in [-0.25, -0.2) is 0 Å². The van der Waals surface area contributed by atoms with Crippen LogP contribution in [0.25, 0.3) is 0 Å². The van der Waals surface area contributed by atoms with Crippen molar-refractivity contribution < 1.29 is 0 Å². The van der Waals surface area contributed by atoms with Crippen LogP contribution in [0.5, 0.6) is 0 Å². The Balaban J connectivity index is 1.66. The van der Waals surface area contributed by atoms with Crippen LogP contribution >= 0.6 is 0 Å². The van der Waals surface area contributed by atoms with E-state index in [-0.39, 0.29) is 5.54 Å². The molecule has 1 fully saturated rings. The van der Waals surface area contributed by atoms with Crippen LogP contribution in [0.15, 0.2) is 35.3 Å². The molecule has 0 atom stereocenters. The Morgan fingerprint density at radius 2 is 2.00 bits per heavy atom. The van der Waals surface area contributed by atoms with Gasteiger partial charge in [0.05, 0.1) is 0 Å². The predicted molar refractivity (Wildman–Crippen MR) is 87.4 cm³/mol. The molecular formula is C17H26N4. The third-order valence-corrected chi connectivity index (χ3v) is 4.47. The summed E-state index contributed by atoms with van der Waals surface area (Å²) in [6, 6.07) is 10.8. The van der Waals surface area contributed by atoms with Crippen LogP contribution in [-0.4, -0.2) is 54.0 Å². The molecule has 114 valence electrons. The molecule has 2 heterocycles. The maximum atomic E-state index is 4.64. The molecule has 0 bridgehead atoms. The van der Waals surface area contributed by atoms with E-state index in [0.29, 0.717) is 0 Å². The van der Waals surface area contributed by atoms with Gasteiger partial charge in [0.25, 0.3) is 0 Å². The molecule has 0 saturated carbocycles. The number of guanidine groups is 1. The summed E-state index contributed by atoms with van der Waals surface area (Å²) in [5.74, 6) is 1.11. The SMILES string of the molecule is CC1(C)CN(C2=NCCCN2)CCN1Cc1ccccc1. The van der Waals surface area contributed by atoms with Gasteiger partial charge in [-0.1, -0.05) is 30.3 Å². The summed E-state index contributed by atoms with van der Waals surface area (Å²) in [6.45, 7) is 10.9. The fraction of sp³-hybridized carbons (Fsp3) is 0.588. The Morgan fingerprint density at radius 3 is 2.67 bits per heavy atom. The number of hydrogen-bond acceptors (Lipinski definition) is 4. The number of piperazine rings is 1. The smallest absolute Gasteiger partial charge is 0.194 e. The van der Waals surface area contributed by atoms with E-state index in [2.05, 4.69) is 64.3 Å². The Morgan fingerprint density at radius 1 is 1.19 bits per heavy atom. The summed E-state index contributed by atoms with van der Waals surface area (Å²) in [7, 11) is 0. The van der Waals surface area contributed by atoms with Gasteiger partial charge < -0.3 is 10.2 Å². The summed E-state index contributed by atoms with van der Waals surface area (Å²) < 4.78 is 0. The lowest BCUT2D eigenvalue weighted by Gasteiger charge is -2.48. The highest BCUT2D eigenvalue weighted by Crippen LogP contribution is 2.23. The number of nitrogens with zero attached hydrogens (tertiary/aromatic N) is 3. The molecule has 1 aromatic rings. The van der Waals surface area contributed by atoms with Crippen LogP contribution in [0.4, 0.5) is 0 Å².